The van der Waals surface area contributed by atoms with E-state index in [4.69, 9.17) is 9.47 Å². The number of benzene rings is 1. The fourth-order valence-corrected chi connectivity index (χ4v) is 3.67. The fourth-order valence-electron chi connectivity index (χ4n) is 3.67. The number of carbonyl (C=O) groups excluding carboxylic acids is 1. The summed E-state index contributed by atoms with van der Waals surface area (Å²) in [6, 6.07) is 5.59. The molecule has 2 aromatic rings. The molecular weight excluding hydrogens is 360 g/mol. The molecule has 2 aliphatic rings. The van der Waals surface area contributed by atoms with Gasteiger partial charge in [0, 0.05) is 32.0 Å². The molecule has 0 bridgehead atoms. The Kier molecular flexibility index (Phi) is 5.82. The second-order valence-corrected chi connectivity index (χ2v) is 7.36. The van der Waals surface area contributed by atoms with Gasteiger partial charge in [-0.05, 0) is 60.7 Å². The molecule has 1 N–H and O–H groups in total. The molecule has 28 heavy (non-hydrogen) atoms. The molecular formula is C19H26N6O3. The number of urea groups is 1. The summed E-state index contributed by atoms with van der Waals surface area (Å²) in [6.45, 7) is 4.67. The monoisotopic (exact) mass is 386 g/mol. The smallest absolute Gasteiger partial charge is 0.322 e. The minimum absolute atomic E-state index is 0.0980. The fraction of sp³-hybridized carbons (Fsp3) is 0.579. The largest absolute Gasteiger partial charge is 0.376 e. The molecule has 2 atom stereocenters. The summed E-state index contributed by atoms with van der Waals surface area (Å²) in [6.07, 6.45) is 5.80. The number of aryl methyl sites for hydroxylation is 1. The van der Waals surface area contributed by atoms with E-state index in [2.05, 4.69) is 20.8 Å². The Hall–Kier alpha value is -2.52. The number of anilines is 1. The first-order valence-corrected chi connectivity index (χ1v) is 9.82. The van der Waals surface area contributed by atoms with Crippen LogP contribution in [0.5, 0.6) is 0 Å². The van der Waals surface area contributed by atoms with Crippen LogP contribution in [0, 0.1) is 6.92 Å². The van der Waals surface area contributed by atoms with Crippen LogP contribution in [-0.2, 0) is 9.47 Å². The second kappa shape index (κ2) is 8.66. The van der Waals surface area contributed by atoms with E-state index < -0.39 is 0 Å². The minimum atomic E-state index is -0.136. The van der Waals surface area contributed by atoms with Crippen molar-refractivity contribution in [3.05, 3.63) is 30.1 Å². The first-order chi connectivity index (χ1) is 13.7. The zero-order valence-electron chi connectivity index (χ0n) is 16.1. The van der Waals surface area contributed by atoms with Crippen molar-refractivity contribution in [2.75, 3.05) is 31.6 Å². The van der Waals surface area contributed by atoms with E-state index >= 15 is 0 Å². The molecule has 3 heterocycles. The van der Waals surface area contributed by atoms with Gasteiger partial charge in [-0.1, -0.05) is 6.07 Å². The highest BCUT2D eigenvalue weighted by molar-refractivity contribution is 5.90. The Morgan fingerprint density at radius 3 is 2.50 bits per heavy atom. The number of hydrogen-bond acceptors (Lipinski definition) is 6. The third-order valence-electron chi connectivity index (χ3n) is 5.26. The van der Waals surface area contributed by atoms with Crippen LogP contribution in [-0.4, -0.2) is 69.6 Å². The Morgan fingerprint density at radius 1 is 1.21 bits per heavy atom. The van der Waals surface area contributed by atoms with Crippen LogP contribution in [0.4, 0.5) is 10.5 Å². The van der Waals surface area contributed by atoms with Gasteiger partial charge in [0.15, 0.2) is 0 Å². The number of carbonyl (C=O) groups is 1. The average molecular weight is 386 g/mol. The molecule has 0 aliphatic carbocycles. The normalized spacial score (nSPS) is 21.8. The number of rotatable bonds is 6. The summed E-state index contributed by atoms with van der Waals surface area (Å²) < 4.78 is 13.1. The number of amides is 2. The van der Waals surface area contributed by atoms with Crippen molar-refractivity contribution in [2.24, 2.45) is 0 Å². The minimum Gasteiger partial charge on any atom is -0.376 e. The summed E-state index contributed by atoms with van der Waals surface area (Å²) in [5, 5.41) is 14.3. The van der Waals surface area contributed by atoms with Gasteiger partial charge in [0.1, 0.15) is 6.33 Å². The SMILES string of the molecule is Cc1ccc(-n2cnnn2)cc1NC(=O)N(C[C@H]1CCCO1)C[C@H]1CCCO1. The van der Waals surface area contributed by atoms with E-state index in [0.717, 1.165) is 55.8 Å². The number of nitrogens with one attached hydrogen (secondary N) is 1. The lowest BCUT2D eigenvalue weighted by molar-refractivity contribution is 0.0524. The van der Waals surface area contributed by atoms with Crippen LogP contribution in [0.1, 0.15) is 31.2 Å². The third kappa shape index (κ3) is 4.48. The lowest BCUT2D eigenvalue weighted by Gasteiger charge is -2.28. The highest BCUT2D eigenvalue weighted by Gasteiger charge is 2.27. The van der Waals surface area contributed by atoms with Gasteiger partial charge in [0.2, 0.25) is 0 Å². The molecule has 1 aromatic heterocycles. The standard InChI is InChI=1S/C19H26N6O3/c1-14-6-7-15(25-13-20-22-23-25)10-18(14)21-19(26)24(11-16-4-2-8-27-16)12-17-5-3-9-28-17/h6-7,10,13,16-17H,2-5,8-9,11-12H2,1H3,(H,21,26)/t16-,17-/m1/s1. The molecule has 0 unspecified atom stereocenters. The van der Waals surface area contributed by atoms with Crippen molar-refractivity contribution in [3.8, 4) is 5.69 Å². The first kappa shape index (κ1) is 18.8. The van der Waals surface area contributed by atoms with Gasteiger partial charge in [0.05, 0.1) is 17.9 Å². The summed E-state index contributed by atoms with van der Waals surface area (Å²) >= 11 is 0. The highest BCUT2D eigenvalue weighted by atomic mass is 16.5. The lowest BCUT2D eigenvalue weighted by atomic mass is 10.1. The highest BCUT2D eigenvalue weighted by Crippen LogP contribution is 2.21. The van der Waals surface area contributed by atoms with Crippen molar-refractivity contribution in [3.63, 3.8) is 0 Å². The predicted octanol–water partition coefficient (Wildman–Crippen LogP) is 2.16. The van der Waals surface area contributed by atoms with Crippen LogP contribution in [0.15, 0.2) is 24.5 Å². The maximum absolute atomic E-state index is 13.1. The second-order valence-electron chi connectivity index (χ2n) is 7.36. The van der Waals surface area contributed by atoms with E-state index in [1.165, 1.54) is 6.33 Å². The molecule has 1 aromatic carbocycles. The van der Waals surface area contributed by atoms with E-state index in [-0.39, 0.29) is 18.2 Å². The maximum atomic E-state index is 13.1. The Labute approximate surface area is 164 Å². The molecule has 2 amide bonds. The maximum Gasteiger partial charge on any atom is 0.322 e. The lowest BCUT2D eigenvalue weighted by Crippen LogP contribution is -2.44. The molecule has 4 rings (SSSR count). The molecule has 2 fully saturated rings. The molecule has 150 valence electrons. The number of hydrogen-bond donors (Lipinski definition) is 1. The Morgan fingerprint density at radius 2 is 1.93 bits per heavy atom. The molecule has 0 saturated carbocycles. The van der Waals surface area contributed by atoms with Crippen molar-refractivity contribution < 1.29 is 14.3 Å². The quantitative estimate of drug-likeness (QED) is 0.818. The molecule has 2 aliphatic heterocycles. The summed E-state index contributed by atoms with van der Waals surface area (Å²) in [5.74, 6) is 0. The topological polar surface area (TPSA) is 94.4 Å². The van der Waals surface area contributed by atoms with Crippen LogP contribution in [0.25, 0.3) is 5.69 Å². The third-order valence-corrected chi connectivity index (χ3v) is 5.26. The zero-order chi connectivity index (χ0) is 19.3. The van der Waals surface area contributed by atoms with E-state index in [1.54, 1.807) is 4.68 Å². The van der Waals surface area contributed by atoms with E-state index in [0.29, 0.717) is 13.1 Å². The molecule has 9 nitrogen and oxygen atoms in total. The average Bonchev–Trinajstić information content (AvgIpc) is 3.46. The van der Waals surface area contributed by atoms with Gasteiger partial charge < -0.3 is 19.7 Å². The van der Waals surface area contributed by atoms with Gasteiger partial charge in [-0.2, -0.15) is 0 Å². The molecule has 0 radical (unpaired) electrons. The molecule has 0 spiro atoms. The van der Waals surface area contributed by atoms with Crippen molar-refractivity contribution in [2.45, 2.75) is 44.8 Å². The van der Waals surface area contributed by atoms with Crippen LogP contribution in [0.3, 0.4) is 0 Å². The summed E-state index contributed by atoms with van der Waals surface area (Å²) in [4.78, 5) is 14.9. The molecule has 9 heteroatoms. The Bertz CT molecular complexity index is 767. The van der Waals surface area contributed by atoms with E-state index in [9.17, 15) is 4.79 Å². The van der Waals surface area contributed by atoms with Crippen LogP contribution >= 0.6 is 0 Å². The summed E-state index contributed by atoms with van der Waals surface area (Å²) in [7, 11) is 0. The van der Waals surface area contributed by atoms with Crippen molar-refractivity contribution >= 4 is 11.7 Å². The van der Waals surface area contributed by atoms with Gasteiger partial charge in [0.25, 0.3) is 0 Å². The van der Waals surface area contributed by atoms with Gasteiger partial charge in [-0.25, -0.2) is 9.48 Å². The van der Waals surface area contributed by atoms with Crippen LogP contribution in [0.2, 0.25) is 0 Å². The van der Waals surface area contributed by atoms with Gasteiger partial charge in [-0.15, -0.1) is 5.10 Å². The zero-order valence-corrected chi connectivity index (χ0v) is 16.1. The number of nitrogens with zero attached hydrogens (tertiary/aromatic N) is 5. The predicted molar refractivity (Wildman–Crippen MR) is 102 cm³/mol. The number of ether oxygens (including phenoxy) is 2. The van der Waals surface area contributed by atoms with Gasteiger partial charge in [-0.3, -0.25) is 0 Å². The number of aromatic nitrogens is 4. The van der Waals surface area contributed by atoms with Crippen LogP contribution < -0.4 is 5.32 Å². The first-order valence-electron chi connectivity index (χ1n) is 9.82. The molecule has 2 saturated heterocycles. The van der Waals surface area contributed by atoms with E-state index in [1.807, 2.05) is 30.0 Å². The van der Waals surface area contributed by atoms with Crippen molar-refractivity contribution in [1.82, 2.24) is 25.1 Å². The van der Waals surface area contributed by atoms with Crippen molar-refractivity contribution in [1.29, 1.82) is 0 Å². The summed E-state index contributed by atoms with van der Waals surface area (Å²) in [5.41, 5.74) is 2.50. The van der Waals surface area contributed by atoms with Gasteiger partial charge >= 0.3 is 6.03 Å². The number of tetrazole rings is 1. The Balaban J connectivity index is 1.48.